The van der Waals surface area contributed by atoms with Crippen molar-refractivity contribution < 1.29 is 9.90 Å². The number of hydrogen-bond acceptors (Lipinski definition) is 3. The van der Waals surface area contributed by atoms with Crippen LogP contribution >= 0.6 is 11.8 Å². The minimum atomic E-state index is -0.599. The first kappa shape index (κ1) is 12.8. The molecule has 1 heterocycles. The van der Waals surface area contributed by atoms with E-state index in [1.165, 1.54) is 0 Å². The summed E-state index contributed by atoms with van der Waals surface area (Å²) in [5, 5.41) is 9.20. The molecule has 0 radical (unpaired) electrons. The number of nitrogens with zero attached hydrogens (tertiary/aromatic N) is 1. The van der Waals surface area contributed by atoms with Gasteiger partial charge in [-0.25, -0.2) is 0 Å². The normalized spacial score (nSPS) is 21.5. The van der Waals surface area contributed by atoms with E-state index in [4.69, 9.17) is 0 Å². The molecule has 88 valence electrons. The Balaban J connectivity index is 2.44. The molecular weight excluding hydrogens is 210 g/mol. The minimum Gasteiger partial charge on any atom is -0.481 e. The molecule has 1 unspecified atom stereocenters. The third-order valence-electron chi connectivity index (χ3n) is 3.28. The Kier molecular flexibility index (Phi) is 5.47. The van der Waals surface area contributed by atoms with Gasteiger partial charge < -0.3 is 10.0 Å². The highest BCUT2D eigenvalue weighted by Gasteiger charge is 2.29. The van der Waals surface area contributed by atoms with Crippen molar-refractivity contribution in [1.29, 1.82) is 0 Å². The molecule has 0 aliphatic carbocycles. The highest BCUT2D eigenvalue weighted by Crippen LogP contribution is 2.27. The fraction of sp³-hybridized carbons (Fsp3) is 0.909. The molecule has 3 nitrogen and oxygen atoms in total. The van der Waals surface area contributed by atoms with Crippen LogP contribution in [0.4, 0.5) is 0 Å². The van der Waals surface area contributed by atoms with Crippen molar-refractivity contribution in [2.75, 3.05) is 32.1 Å². The highest BCUT2D eigenvalue weighted by atomic mass is 32.2. The van der Waals surface area contributed by atoms with Crippen LogP contribution in [0.1, 0.15) is 19.3 Å². The van der Waals surface area contributed by atoms with Gasteiger partial charge in [-0.15, -0.1) is 0 Å². The average Bonchev–Trinajstić information content (AvgIpc) is 2.21. The molecule has 1 atom stereocenters. The number of thioether (sulfide) groups is 1. The Morgan fingerprint density at radius 3 is 2.60 bits per heavy atom. The van der Waals surface area contributed by atoms with Gasteiger partial charge in [-0.3, -0.25) is 4.79 Å². The van der Waals surface area contributed by atoms with Gasteiger partial charge in [-0.05, 0) is 57.3 Å². The van der Waals surface area contributed by atoms with E-state index < -0.39 is 5.97 Å². The second-order valence-electron chi connectivity index (χ2n) is 4.37. The molecule has 1 aliphatic rings. The molecule has 0 spiro atoms. The van der Waals surface area contributed by atoms with Crippen molar-refractivity contribution in [2.24, 2.45) is 11.8 Å². The van der Waals surface area contributed by atoms with Crippen molar-refractivity contribution in [2.45, 2.75) is 19.3 Å². The second kappa shape index (κ2) is 6.38. The molecule has 1 saturated heterocycles. The van der Waals surface area contributed by atoms with Crippen molar-refractivity contribution in [3.63, 3.8) is 0 Å². The average molecular weight is 231 g/mol. The Morgan fingerprint density at radius 2 is 2.13 bits per heavy atom. The second-order valence-corrected chi connectivity index (χ2v) is 5.35. The van der Waals surface area contributed by atoms with Crippen molar-refractivity contribution in [1.82, 2.24) is 4.90 Å². The number of aliphatic carboxylic acids is 1. The summed E-state index contributed by atoms with van der Waals surface area (Å²) in [6.45, 7) is 2.10. The van der Waals surface area contributed by atoms with Crippen LogP contribution in [0.15, 0.2) is 0 Å². The largest absolute Gasteiger partial charge is 0.481 e. The molecule has 4 heteroatoms. The monoisotopic (exact) mass is 231 g/mol. The third kappa shape index (κ3) is 4.03. The molecule has 15 heavy (non-hydrogen) atoms. The maximum absolute atomic E-state index is 11.2. The Labute approximate surface area is 96.2 Å². The van der Waals surface area contributed by atoms with Crippen LogP contribution in [0.25, 0.3) is 0 Å². The smallest absolute Gasteiger partial charge is 0.306 e. The zero-order valence-electron chi connectivity index (χ0n) is 9.61. The van der Waals surface area contributed by atoms with Gasteiger partial charge in [0.25, 0.3) is 0 Å². The molecule has 0 aromatic carbocycles. The molecule has 1 rings (SSSR count). The molecule has 0 amide bonds. The van der Waals surface area contributed by atoms with Gasteiger partial charge in [-0.2, -0.15) is 11.8 Å². The van der Waals surface area contributed by atoms with Crippen LogP contribution < -0.4 is 0 Å². The SMILES string of the molecule is CSCCC(C(=O)O)C1CCN(C)CC1. The lowest BCUT2D eigenvalue weighted by atomic mass is 9.83. The number of carboxylic acid groups (broad SMARTS) is 1. The Bertz CT molecular complexity index is 203. The molecular formula is C11H21NO2S. The molecule has 0 aromatic rings. The van der Waals surface area contributed by atoms with Crippen molar-refractivity contribution in [3.8, 4) is 0 Å². The predicted octanol–water partition coefficient (Wildman–Crippen LogP) is 1.78. The molecule has 1 fully saturated rings. The van der Waals surface area contributed by atoms with Gasteiger partial charge in [0.05, 0.1) is 5.92 Å². The van der Waals surface area contributed by atoms with Crippen molar-refractivity contribution in [3.05, 3.63) is 0 Å². The molecule has 1 aliphatic heterocycles. The van der Waals surface area contributed by atoms with E-state index in [9.17, 15) is 9.90 Å². The standard InChI is InChI=1S/C11H21NO2S/c1-12-6-3-9(4-7-12)10(11(13)14)5-8-15-2/h9-10H,3-8H2,1-2H3,(H,13,14). The van der Waals surface area contributed by atoms with Gasteiger partial charge in [0.15, 0.2) is 0 Å². The van der Waals surface area contributed by atoms with Gasteiger partial charge in [0.2, 0.25) is 0 Å². The number of piperidine rings is 1. The summed E-state index contributed by atoms with van der Waals surface area (Å²) in [4.78, 5) is 13.4. The lowest BCUT2D eigenvalue weighted by Crippen LogP contribution is -2.36. The van der Waals surface area contributed by atoms with E-state index in [0.717, 1.165) is 38.1 Å². The fourth-order valence-electron chi connectivity index (χ4n) is 2.24. The summed E-state index contributed by atoms with van der Waals surface area (Å²) in [6, 6.07) is 0. The summed E-state index contributed by atoms with van der Waals surface area (Å²) < 4.78 is 0. The van der Waals surface area contributed by atoms with E-state index in [-0.39, 0.29) is 5.92 Å². The molecule has 0 bridgehead atoms. The summed E-state index contributed by atoms with van der Waals surface area (Å²) in [5.74, 6) is 0.638. The van der Waals surface area contributed by atoms with Crippen LogP contribution in [0, 0.1) is 11.8 Å². The lowest BCUT2D eigenvalue weighted by molar-refractivity contribution is -0.144. The number of likely N-dealkylation sites (tertiary alicyclic amines) is 1. The van der Waals surface area contributed by atoms with Crippen LogP contribution in [0.5, 0.6) is 0 Å². The number of carboxylic acids is 1. The van der Waals surface area contributed by atoms with E-state index in [2.05, 4.69) is 11.9 Å². The van der Waals surface area contributed by atoms with Crippen LogP contribution in [-0.2, 0) is 4.79 Å². The highest BCUT2D eigenvalue weighted by molar-refractivity contribution is 7.98. The summed E-state index contributed by atoms with van der Waals surface area (Å²) in [7, 11) is 2.11. The van der Waals surface area contributed by atoms with Gasteiger partial charge in [0.1, 0.15) is 0 Å². The van der Waals surface area contributed by atoms with Crippen LogP contribution in [0.3, 0.4) is 0 Å². The maximum Gasteiger partial charge on any atom is 0.306 e. The first-order valence-corrected chi connectivity index (χ1v) is 6.94. The summed E-state index contributed by atoms with van der Waals surface area (Å²) in [5.41, 5.74) is 0. The zero-order chi connectivity index (χ0) is 11.3. The first-order chi connectivity index (χ1) is 7.15. The summed E-state index contributed by atoms with van der Waals surface area (Å²) in [6.07, 6.45) is 4.95. The van der Waals surface area contributed by atoms with E-state index in [1.807, 2.05) is 6.26 Å². The third-order valence-corrected chi connectivity index (χ3v) is 3.93. The van der Waals surface area contributed by atoms with Crippen LogP contribution in [0.2, 0.25) is 0 Å². The van der Waals surface area contributed by atoms with Crippen molar-refractivity contribution >= 4 is 17.7 Å². The van der Waals surface area contributed by atoms with E-state index in [0.29, 0.717) is 5.92 Å². The van der Waals surface area contributed by atoms with Gasteiger partial charge >= 0.3 is 5.97 Å². The molecule has 1 N–H and O–H groups in total. The van der Waals surface area contributed by atoms with E-state index in [1.54, 1.807) is 11.8 Å². The van der Waals surface area contributed by atoms with Gasteiger partial charge in [-0.1, -0.05) is 0 Å². The quantitative estimate of drug-likeness (QED) is 0.783. The molecule has 0 aromatic heterocycles. The predicted molar refractivity (Wildman–Crippen MR) is 64.3 cm³/mol. The van der Waals surface area contributed by atoms with Gasteiger partial charge in [0, 0.05) is 0 Å². The lowest BCUT2D eigenvalue weighted by Gasteiger charge is -2.32. The number of rotatable bonds is 5. The Hall–Kier alpha value is -0.220. The van der Waals surface area contributed by atoms with Crippen LogP contribution in [-0.4, -0.2) is 48.1 Å². The minimum absolute atomic E-state index is 0.119. The number of carbonyl (C=O) groups is 1. The zero-order valence-corrected chi connectivity index (χ0v) is 10.4. The fourth-order valence-corrected chi connectivity index (χ4v) is 2.73. The van der Waals surface area contributed by atoms with E-state index >= 15 is 0 Å². The Morgan fingerprint density at radius 1 is 1.53 bits per heavy atom. The number of hydrogen-bond donors (Lipinski definition) is 1. The topological polar surface area (TPSA) is 40.5 Å². The first-order valence-electron chi connectivity index (χ1n) is 5.55. The summed E-state index contributed by atoms with van der Waals surface area (Å²) >= 11 is 1.74. The maximum atomic E-state index is 11.2. The molecule has 0 saturated carbocycles.